The van der Waals surface area contributed by atoms with Crippen LogP contribution < -0.4 is 4.90 Å². The average molecular weight is 440 g/mol. The summed E-state index contributed by atoms with van der Waals surface area (Å²) in [6, 6.07) is 4.67. The van der Waals surface area contributed by atoms with Gasteiger partial charge in [-0.15, -0.1) is 0 Å². The molecule has 1 amide bonds. The minimum atomic E-state index is -0.517. The standard InChI is InChI=1S/C26H37N3O3/c1-16-7-6-10-19(15-16)29-22-14-13-21-20(12-11-17(2)28(21)26(31)32-3)23(22)27-25(29)24(30)18-8-4-5-9-18/h13-14,16-19,24,30H,4-12,15H2,1-3H3. The van der Waals surface area contributed by atoms with E-state index >= 15 is 0 Å². The van der Waals surface area contributed by atoms with Crippen LogP contribution in [0.4, 0.5) is 10.5 Å². The molecule has 2 aromatic rings. The molecule has 0 spiro atoms. The molecule has 2 aliphatic carbocycles. The van der Waals surface area contributed by atoms with Crippen molar-refractivity contribution in [1.82, 2.24) is 9.55 Å². The zero-order valence-electron chi connectivity index (χ0n) is 19.7. The van der Waals surface area contributed by atoms with E-state index < -0.39 is 6.10 Å². The average Bonchev–Trinajstić information content (AvgIpc) is 3.46. The first-order chi connectivity index (χ1) is 15.5. The summed E-state index contributed by atoms with van der Waals surface area (Å²) < 4.78 is 7.48. The Hall–Kier alpha value is -2.08. The summed E-state index contributed by atoms with van der Waals surface area (Å²) in [4.78, 5) is 19.5. The van der Waals surface area contributed by atoms with Gasteiger partial charge in [0.1, 0.15) is 11.9 Å². The number of benzene rings is 1. The fourth-order valence-electron chi connectivity index (χ4n) is 6.51. The zero-order valence-corrected chi connectivity index (χ0v) is 19.7. The van der Waals surface area contributed by atoms with Crippen LogP contribution >= 0.6 is 0 Å². The summed E-state index contributed by atoms with van der Waals surface area (Å²) in [6.45, 7) is 4.41. The Morgan fingerprint density at radius 2 is 1.91 bits per heavy atom. The van der Waals surface area contributed by atoms with E-state index in [0.717, 1.165) is 66.6 Å². The van der Waals surface area contributed by atoms with E-state index in [4.69, 9.17) is 9.72 Å². The highest BCUT2D eigenvalue weighted by molar-refractivity contribution is 5.95. The lowest BCUT2D eigenvalue weighted by Gasteiger charge is -2.34. The monoisotopic (exact) mass is 439 g/mol. The molecule has 2 fully saturated rings. The summed E-state index contributed by atoms with van der Waals surface area (Å²) in [6.07, 6.45) is 10.3. The first-order valence-corrected chi connectivity index (χ1v) is 12.6. The van der Waals surface area contributed by atoms with E-state index in [1.807, 2.05) is 0 Å². The molecule has 4 unspecified atom stereocenters. The first-order valence-electron chi connectivity index (χ1n) is 12.6. The van der Waals surface area contributed by atoms with Crippen LogP contribution in [0, 0.1) is 11.8 Å². The number of hydrogen-bond donors (Lipinski definition) is 1. The molecule has 0 saturated heterocycles. The molecule has 3 aliphatic rings. The number of aliphatic hydroxyl groups excluding tert-OH is 1. The van der Waals surface area contributed by atoms with Crippen molar-refractivity contribution < 1.29 is 14.6 Å². The molecule has 6 nitrogen and oxygen atoms in total. The van der Waals surface area contributed by atoms with Gasteiger partial charge in [-0.2, -0.15) is 0 Å². The number of anilines is 1. The number of aromatic nitrogens is 2. The SMILES string of the molecule is COC(=O)N1c2ccc3c(nc(C(O)C4CCCC4)n3C3CCCC(C)C3)c2CCC1C. The number of methoxy groups -OCH3 is 1. The summed E-state index contributed by atoms with van der Waals surface area (Å²) in [7, 11) is 1.44. The Morgan fingerprint density at radius 3 is 2.62 bits per heavy atom. The van der Waals surface area contributed by atoms with Crippen molar-refractivity contribution in [2.45, 2.75) is 96.2 Å². The van der Waals surface area contributed by atoms with Crippen molar-refractivity contribution in [2.24, 2.45) is 11.8 Å². The quantitative estimate of drug-likeness (QED) is 0.645. The molecule has 32 heavy (non-hydrogen) atoms. The third-order valence-corrected chi connectivity index (χ3v) is 8.24. The van der Waals surface area contributed by atoms with Crippen molar-refractivity contribution >= 4 is 22.8 Å². The van der Waals surface area contributed by atoms with Gasteiger partial charge in [0.05, 0.1) is 23.8 Å². The fourth-order valence-corrected chi connectivity index (χ4v) is 6.51. The molecule has 4 atom stereocenters. The number of rotatable bonds is 3. The lowest BCUT2D eigenvalue weighted by molar-refractivity contribution is 0.0953. The van der Waals surface area contributed by atoms with Gasteiger partial charge < -0.3 is 14.4 Å². The summed E-state index contributed by atoms with van der Waals surface area (Å²) in [5, 5.41) is 11.5. The van der Waals surface area contributed by atoms with Crippen LogP contribution in [0.3, 0.4) is 0 Å². The Labute approximate surface area is 190 Å². The largest absolute Gasteiger partial charge is 0.452 e. The van der Waals surface area contributed by atoms with Crippen LogP contribution in [0.15, 0.2) is 12.1 Å². The van der Waals surface area contributed by atoms with E-state index in [1.54, 1.807) is 4.90 Å². The molecular formula is C26H37N3O3. The maximum Gasteiger partial charge on any atom is 0.414 e. The molecule has 0 radical (unpaired) electrons. The number of hydrogen-bond acceptors (Lipinski definition) is 4. The van der Waals surface area contributed by atoms with Crippen molar-refractivity contribution in [1.29, 1.82) is 0 Å². The van der Waals surface area contributed by atoms with Crippen molar-refractivity contribution in [3.05, 3.63) is 23.5 Å². The van der Waals surface area contributed by atoms with Gasteiger partial charge in [-0.25, -0.2) is 9.78 Å². The van der Waals surface area contributed by atoms with Gasteiger partial charge >= 0.3 is 6.09 Å². The van der Waals surface area contributed by atoms with Crippen molar-refractivity contribution in [3.63, 3.8) is 0 Å². The minimum Gasteiger partial charge on any atom is -0.452 e. The number of imidazole rings is 1. The van der Waals surface area contributed by atoms with E-state index in [0.29, 0.717) is 17.9 Å². The molecule has 1 aromatic carbocycles. The van der Waals surface area contributed by atoms with E-state index in [1.165, 1.54) is 32.8 Å². The Balaban J connectivity index is 1.66. The number of nitrogens with zero attached hydrogens (tertiary/aromatic N) is 3. The van der Waals surface area contributed by atoms with Gasteiger partial charge in [-0.3, -0.25) is 4.90 Å². The summed E-state index contributed by atoms with van der Waals surface area (Å²) >= 11 is 0. The number of amides is 1. The van der Waals surface area contributed by atoms with Crippen LogP contribution in [0.2, 0.25) is 0 Å². The summed E-state index contributed by atoms with van der Waals surface area (Å²) in [5.41, 5.74) is 4.11. The molecule has 5 rings (SSSR count). The lowest BCUT2D eigenvalue weighted by atomic mass is 9.86. The van der Waals surface area contributed by atoms with E-state index in [2.05, 4.69) is 30.5 Å². The van der Waals surface area contributed by atoms with Crippen molar-refractivity contribution in [2.75, 3.05) is 12.0 Å². The van der Waals surface area contributed by atoms with Gasteiger partial charge in [0.15, 0.2) is 0 Å². The molecule has 1 aliphatic heterocycles. The lowest BCUT2D eigenvalue weighted by Crippen LogP contribution is -2.42. The second-order valence-corrected chi connectivity index (χ2v) is 10.4. The van der Waals surface area contributed by atoms with Gasteiger partial charge in [-0.05, 0) is 69.4 Å². The van der Waals surface area contributed by atoms with E-state index in [9.17, 15) is 9.90 Å². The highest BCUT2D eigenvalue weighted by Gasteiger charge is 2.35. The van der Waals surface area contributed by atoms with Gasteiger partial charge in [0.2, 0.25) is 0 Å². The predicted octanol–water partition coefficient (Wildman–Crippen LogP) is 5.92. The Kier molecular flexibility index (Phi) is 5.91. The summed E-state index contributed by atoms with van der Waals surface area (Å²) in [5.74, 6) is 1.84. The molecule has 2 saturated carbocycles. The predicted molar refractivity (Wildman–Crippen MR) is 126 cm³/mol. The van der Waals surface area contributed by atoms with Gasteiger partial charge in [0.25, 0.3) is 0 Å². The fraction of sp³-hybridized carbons (Fsp3) is 0.692. The molecule has 0 bridgehead atoms. The van der Waals surface area contributed by atoms with E-state index in [-0.39, 0.29) is 12.1 Å². The maximum absolute atomic E-state index is 12.6. The minimum absolute atomic E-state index is 0.0947. The molecule has 2 heterocycles. The number of carbonyl (C=O) groups is 1. The highest BCUT2D eigenvalue weighted by atomic mass is 16.5. The smallest absolute Gasteiger partial charge is 0.414 e. The molecule has 1 aromatic heterocycles. The van der Waals surface area contributed by atoms with Crippen LogP contribution in [0.5, 0.6) is 0 Å². The Morgan fingerprint density at radius 1 is 1.12 bits per heavy atom. The number of aliphatic hydroxyl groups is 1. The van der Waals surface area contributed by atoms with Crippen LogP contribution in [-0.4, -0.2) is 33.9 Å². The van der Waals surface area contributed by atoms with Gasteiger partial charge in [0, 0.05) is 17.6 Å². The second kappa shape index (κ2) is 8.69. The molecule has 174 valence electrons. The third kappa shape index (κ3) is 3.60. The number of aryl methyl sites for hydroxylation is 1. The second-order valence-electron chi connectivity index (χ2n) is 10.4. The number of fused-ring (bicyclic) bond motifs is 3. The first kappa shape index (κ1) is 21.7. The van der Waals surface area contributed by atoms with Gasteiger partial charge in [-0.1, -0.05) is 32.6 Å². The van der Waals surface area contributed by atoms with Crippen LogP contribution in [-0.2, 0) is 11.2 Å². The molecular weight excluding hydrogens is 402 g/mol. The number of ether oxygens (including phenoxy) is 1. The zero-order chi connectivity index (χ0) is 22.4. The van der Waals surface area contributed by atoms with Crippen LogP contribution in [0.1, 0.15) is 95.2 Å². The molecule has 6 heteroatoms. The normalized spacial score (nSPS) is 27.5. The van der Waals surface area contributed by atoms with Crippen molar-refractivity contribution in [3.8, 4) is 0 Å². The Bertz CT molecular complexity index is 994. The van der Waals surface area contributed by atoms with Crippen LogP contribution in [0.25, 0.3) is 11.0 Å². The topological polar surface area (TPSA) is 67.6 Å². The molecule has 1 N–H and O–H groups in total. The number of carbonyl (C=O) groups excluding carboxylic acids is 1. The highest BCUT2D eigenvalue weighted by Crippen LogP contribution is 2.43. The maximum atomic E-state index is 12.6. The third-order valence-electron chi connectivity index (χ3n) is 8.24.